The SMILES string of the molecule is COC(=O)C1=C(O)CC(=O)[N+](C)=N1. The van der Waals surface area contributed by atoms with Crippen molar-refractivity contribution in [3.05, 3.63) is 11.5 Å². The average molecular weight is 185 g/mol. The minimum atomic E-state index is -0.753. The molecule has 0 atom stereocenters. The average Bonchev–Trinajstić information content (AvgIpc) is 2.10. The molecule has 1 aliphatic heterocycles. The standard InChI is InChI=1S/C7H8N2O4/c1-9-5(11)3-4(10)6(8-9)7(12)13-2/h3H2,1-2H3/p+1. The lowest BCUT2D eigenvalue weighted by atomic mass is 10.2. The van der Waals surface area contributed by atoms with Crippen LogP contribution in [0.5, 0.6) is 0 Å². The molecule has 0 unspecified atom stereocenters. The molecule has 1 N–H and O–H groups in total. The van der Waals surface area contributed by atoms with Gasteiger partial charge in [-0.05, 0) is 0 Å². The van der Waals surface area contributed by atoms with Gasteiger partial charge in [0.15, 0.2) is 7.05 Å². The molecule has 0 spiro atoms. The molecule has 6 nitrogen and oxygen atoms in total. The van der Waals surface area contributed by atoms with Crippen LogP contribution in [0.25, 0.3) is 0 Å². The third kappa shape index (κ3) is 1.71. The predicted molar refractivity (Wildman–Crippen MR) is 39.9 cm³/mol. The second-order valence-electron chi connectivity index (χ2n) is 2.48. The molecule has 6 heteroatoms. The molecule has 1 aliphatic rings. The quantitative estimate of drug-likeness (QED) is 0.459. The number of esters is 1. The minimum Gasteiger partial charge on any atom is -0.509 e. The highest BCUT2D eigenvalue weighted by Crippen LogP contribution is 2.14. The molecule has 1 amide bonds. The van der Waals surface area contributed by atoms with Crippen molar-refractivity contribution in [3.63, 3.8) is 0 Å². The summed E-state index contributed by atoms with van der Waals surface area (Å²) in [5.74, 6) is -1.48. The second kappa shape index (κ2) is 3.34. The summed E-state index contributed by atoms with van der Waals surface area (Å²) in [7, 11) is 2.58. The van der Waals surface area contributed by atoms with Crippen LogP contribution in [0.2, 0.25) is 0 Å². The second-order valence-corrected chi connectivity index (χ2v) is 2.48. The van der Waals surface area contributed by atoms with E-state index < -0.39 is 5.97 Å². The molecule has 1 heterocycles. The fourth-order valence-electron chi connectivity index (χ4n) is 0.860. The van der Waals surface area contributed by atoms with Gasteiger partial charge in [-0.3, -0.25) is 0 Å². The molecule has 70 valence electrons. The van der Waals surface area contributed by atoms with Gasteiger partial charge in [0.25, 0.3) is 5.70 Å². The number of carbonyl (C=O) groups is 2. The highest BCUT2D eigenvalue weighted by atomic mass is 16.5. The van der Waals surface area contributed by atoms with Gasteiger partial charge in [-0.15, -0.1) is 0 Å². The van der Waals surface area contributed by atoms with Crippen molar-refractivity contribution in [2.75, 3.05) is 14.2 Å². The Bertz CT molecular complexity index is 329. The highest BCUT2D eigenvalue weighted by molar-refractivity contribution is 5.90. The van der Waals surface area contributed by atoms with Gasteiger partial charge in [0.2, 0.25) is 0 Å². The number of carbonyl (C=O) groups excluding carboxylic acids is 2. The molecule has 1 rings (SSSR count). The van der Waals surface area contributed by atoms with Crippen LogP contribution in [0.15, 0.2) is 16.6 Å². The Morgan fingerprint density at radius 3 is 2.85 bits per heavy atom. The van der Waals surface area contributed by atoms with Crippen molar-refractivity contribution in [1.29, 1.82) is 0 Å². The van der Waals surface area contributed by atoms with Gasteiger partial charge in [-0.1, -0.05) is 4.70 Å². The van der Waals surface area contributed by atoms with Crippen LogP contribution in [0, 0.1) is 0 Å². The molecule has 0 aromatic rings. The Balaban J connectivity index is 3.04. The van der Waals surface area contributed by atoms with Gasteiger partial charge in [0.1, 0.15) is 12.2 Å². The van der Waals surface area contributed by atoms with E-state index in [1.54, 1.807) is 0 Å². The van der Waals surface area contributed by atoms with Gasteiger partial charge in [0.05, 0.1) is 7.11 Å². The van der Waals surface area contributed by atoms with Crippen LogP contribution >= 0.6 is 0 Å². The molecule has 0 saturated heterocycles. The topological polar surface area (TPSA) is 79.0 Å². The van der Waals surface area contributed by atoms with Gasteiger partial charge >= 0.3 is 11.9 Å². The van der Waals surface area contributed by atoms with Crippen LogP contribution in [-0.4, -0.2) is 35.8 Å². The first-order chi connectivity index (χ1) is 6.06. The summed E-state index contributed by atoms with van der Waals surface area (Å²) in [6.07, 6.45) is -0.218. The van der Waals surface area contributed by atoms with Crippen LogP contribution in [0.3, 0.4) is 0 Å². The molecular formula is C7H9N2O4+. The van der Waals surface area contributed by atoms with Crippen molar-refractivity contribution >= 4 is 11.9 Å². The summed E-state index contributed by atoms with van der Waals surface area (Å²) in [5.41, 5.74) is -0.218. The number of rotatable bonds is 1. The smallest absolute Gasteiger partial charge is 0.419 e. The number of methoxy groups -OCH3 is 1. The number of nitrogens with zero attached hydrogens (tertiary/aromatic N) is 2. The summed E-state index contributed by atoms with van der Waals surface area (Å²) in [4.78, 5) is 21.9. The molecule has 0 aromatic carbocycles. The maximum Gasteiger partial charge on any atom is 0.419 e. The van der Waals surface area contributed by atoms with E-state index in [1.807, 2.05) is 0 Å². The molecule has 0 radical (unpaired) electrons. The van der Waals surface area contributed by atoms with Crippen LogP contribution in [0.1, 0.15) is 6.42 Å². The number of ether oxygens (including phenoxy) is 1. The Labute approximate surface area is 74.1 Å². The molecule has 0 fully saturated rings. The Kier molecular flexibility index (Phi) is 2.41. The molecule has 0 saturated carbocycles. The lowest BCUT2D eigenvalue weighted by molar-refractivity contribution is -0.485. The van der Waals surface area contributed by atoms with Gasteiger partial charge < -0.3 is 9.84 Å². The van der Waals surface area contributed by atoms with E-state index in [4.69, 9.17) is 0 Å². The van der Waals surface area contributed by atoms with Crippen molar-refractivity contribution in [3.8, 4) is 0 Å². The van der Waals surface area contributed by atoms with E-state index in [1.165, 1.54) is 14.2 Å². The highest BCUT2D eigenvalue weighted by Gasteiger charge is 2.31. The number of amides is 1. The summed E-state index contributed by atoms with van der Waals surface area (Å²) in [6, 6.07) is 0. The zero-order valence-corrected chi connectivity index (χ0v) is 7.27. The molecule has 0 aliphatic carbocycles. The van der Waals surface area contributed by atoms with Crippen molar-refractivity contribution < 1.29 is 24.1 Å². The number of hydrogen-bond donors (Lipinski definition) is 1. The van der Waals surface area contributed by atoms with E-state index in [9.17, 15) is 14.7 Å². The zero-order valence-electron chi connectivity index (χ0n) is 7.27. The van der Waals surface area contributed by atoms with E-state index in [0.717, 1.165) is 4.70 Å². The molecule has 0 bridgehead atoms. The van der Waals surface area contributed by atoms with E-state index in [-0.39, 0.29) is 23.8 Å². The first kappa shape index (κ1) is 9.37. The van der Waals surface area contributed by atoms with Crippen LogP contribution < -0.4 is 0 Å². The van der Waals surface area contributed by atoms with Crippen LogP contribution in [0.4, 0.5) is 0 Å². The number of aliphatic hydroxyl groups is 1. The molecular weight excluding hydrogens is 176 g/mol. The monoisotopic (exact) mass is 185 g/mol. The van der Waals surface area contributed by atoms with E-state index in [2.05, 4.69) is 9.85 Å². The fourth-order valence-corrected chi connectivity index (χ4v) is 0.860. The van der Waals surface area contributed by atoms with Crippen molar-refractivity contribution in [2.24, 2.45) is 5.11 Å². The first-order valence-corrected chi connectivity index (χ1v) is 3.55. The third-order valence-electron chi connectivity index (χ3n) is 1.58. The maximum absolute atomic E-state index is 11.0. The van der Waals surface area contributed by atoms with Gasteiger partial charge in [-0.25, -0.2) is 9.59 Å². The lowest BCUT2D eigenvalue weighted by Crippen LogP contribution is -2.23. The maximum atomic E-state index is 11.0. The third-order valence-corrected chi connectivity index (χ3v) is 1.58. The summed E-state index contributed by atoms with van der Waals surface area (Å²) < 4.78 is 5.35. The largest absolute Gasteiger partial charge is 0.509 e. The van der Waals surface area contributed by atoms with Crippen molar-refractivity contribution in [1.82, 2.24) is 0 Å². The number of azo groups is 2. The lowest BCUT2D eigenvalue weighted by Gasteiger charge is -2.04. The fraction of sp³-hybridized carbons (Fsp3) is 0.429. The van der Waals surface area contributed by atoms with E-state index >= 15 is 0 Å². The normalized spacial score (nSPS) is 17.1. The molecule has 13 heavy (non-hydrogen) atoms. The first-order valence-electron chi connectivity index (χ1n) is 3.55. The Morgan fingerprint density at radius 1 is 1.69 bits per heavy atom. The molecule has 0 aromatic heterocycles. The Morgan fingerprint density at radius 2 is 2.31 bits per heavy atom. The van der Waals surface area contributed by atoms with Gasteiger partial charge in [-0.2, -0.15) is 0 Å². The predicted octanol–water partition coefficient (Wildman–Crippen LogP) is -0.0462. The minimum absolute atomic E-state index is 0.218. The summed E-state index contributed by atoms with van der Waals surface area (Å²) in [5, 5.41) is 12.8. The summed E-state index contributed by atoms with van der Waals surface area (Å²) >= 11 is 0. The van der Waals surface area contributed by atoms with Gasteiger partial charge in [0, 0.05) is 5.11 Å². The summed E-state index contributed by atoms with van der Waals surface area (Å²) in [6.45, 7) is 0. The van der Waals surface area contributed by atoms with Crippen LogP contribution in [-0.2, 0) is 14.3 Å². The van der Waals surface area contributed by atoms with Crippen molar-refractivity contribution in [2.45, 2.75) is 6.42 Å². The number of aliphatic hydroxyl groups excluding tert-OH is 1. The van der Waals surface area contributed by atoms with E-state index in [0.29, 0.717) is 0 Å². The zero-order chi connectivity index (χ0) is 10.0. The Hall–Kier alpha value is -1.72. The number of hydrogen-bond acceptors (Lipinski definition) is 5.